The summed E-state index contributed by atoms with van der Waals surface area (Å²) in [6, 6.07) is 30.1. The van der Waals surface area contributed by atoms with Crippen LogP contribution in [0, 0.1) is 0 Å². The van der Waals surface area contributed by atoms with Crippen LogP contribution in [0.4, 0.5) is 51.2 Å². The van der Waals surface area contributed by atoms with Gasteiger partial charge in [-0.15, -0.1) is 0 Å². The first-order valence-electron chi connectivity index (χ1n) is 20.6. The number of rotatable bonds is 15. The average Bonchev–Trinajstić information content (AvgIpc) is 3.88. The van der Waals surface area contributed by atoms with Crippen LogP contribution in [-0.4, -0.2) is 85.5 Å². The summed E-state index contributed by atoms with van der Waals surface area (Å²) in [6.45, 7) is 0. The third kappa shape index (κ3) is 10.7. The molecule has 2 atom stereocenters. The van der Waals surface area contributed by atoms with Crippen LogP contribution in [0.5, 0.6) is 5.75 Å². The molecule has 24 nitrogen and oxygen atoms in total. The number of hydrogen-bond donors (Lipinski definition) is 7. The van der Waals surface area contributed by atoms with E-state index in [1.807, 2.05) is 0 Å². The number of amides is 4. The number of hydrogen-bond acceptors (Lipinski definition) is 17. The Bertz CT molecular complexity index is 3340. The number of anilines is 5. The van der Waals surface area contributed by atoms with E-state index in [0.717, 1.165) is 10.0 Å². The minimum absolute atomic E-state index is 0.0169. The van der Waals surface area contributed by atoms with Crippen LogP contribution in [0.2, 0.25) is 0 Å². The monoisotopic (exact) mass is 955 g/mol. The highest BCUT2D eigenvalue weighted by Crippen LogP contribution is 2.31. The van der Waals surface area contributed by atoms with Gasteiger partial charge >= 0.3 is 17.9 Å². The fourth-order valence-corrected chi connectivity index (χ4v) is 6.69. The van der Waals surface area contributed by atoms with Crippen molar-refractivity contribution in [3.63, 3.8) is 0 Å². The van der Waals surface area contributed by atoms with E-state index >= 15 is 0 Å². The number of carbonyl (C=O) groups excluding carboxylic acids is 4. The predicted octanol–water partition coefficient (Wildman–Crippen LogP) is 7.47. The first-order chi connectivity index (χ1) is 34.1. The largest absolute Gasteiger partial charge is 0.507 e. The fourth-order valence-electron chi connectivity index (χ4n) is 6.69. The lowest BCUT2D eigenvalue weighted by molar-refractivity contribution is -0.130. The van der Waals surface area contributed by atoms with Gasteiger partial charge in [-0.2, -0.15) is 50.9 Å². The molecule has 8 rings (SSSR count). The van der Waals surface area contributed by atoms with Gasteiger partial charge in [0.25, 0.3) is 23.6 Å². The van der Waals surface area contributed by atoms with Crippen LogP contribution in [0.3, 0.4) is 0 Å². The predicted molar refractivity (Wildman–Crippen MR) is 253 cm³/mol. The number of nitrogen functional groups attached to an aromatic ring is 1. The van der Waals surface area contributed by atoms with E-state index in [-0.39, 0.29) is 50.8 Å². The number of carboxylic acids is 3. The molecule has 71 heavy (non-hydrogen) atoms. The summed E-state index contributed by atoms with van der Waals surface area (Å²) in [4.78, 5) is 88.6. The van der Waals surface area contributed by atoms with Crippen molar-refractivity contribution in [2.45, 2.75) is 12.1 Å². The van der Waals surface area contributed by atoms with Gasteiger partial charge in [0.1, 0.15) is 11.3 Å². The zero-order valence-electron chi connectivity index (χ0n) is 36.1. The Labute approximate surface area is 398 Å². The van der Waals surface area contributed by atoms with Crippen molar-refractivity contribution < 1.29 is 54.0 Å². The summed E-state index contributed by atoms with van der Waals surface area (Å²) in [5, 5.41) is 77.6. The Morgan fingerprint density at radius 1 is 0.507 bits per heavy atom. The lowest BCUT2D eigenvalue weighted by Crippen LogP contribution is -2.33. The third-order valence-corrected chi connectivity index (χ3v) is 10.2. The number of aromatic carboxylic acids is 1. The molecule has 0 spiro atoms. The molecule has 6 aromatic rings. The quantitative estimate of drug-likeness (QED) is 0.0389. The summed E-state index contributed by atoms with van der Waals surface area (Å²) in [5.74, 6) is -7.61. The van der Waals surface area contributed by atoms with Gasteiger partial charge < -0.3 is 36.8 Å². The Morgan fingerprint density at radius 2 is 1.01 bits per heavy atom. The first-order valence-corrected chi connectivity index (χ1v) is 20.6. The molecule has 0 aliphatic carbocycles. The highest BCUT2D eigenvalue weighted by atomic mass is 16.4. The van der Waals surface area contributed by atoms with Crippen molar-refractivity contribution in [1.29, 1.82) is 0 Å². The van der Waals surface area contributed by atoms with Gasteiger partial charge in [-0.05, 0) is 121 Å². The normalized spacial score (nSPS) is 15.6. The topological polar surface area (TPSA) is 356 Å². The molecule has 0 aromatic heterocycles. The van der Waals surface area contributed by atoms with Gasteiger partial charge in [0, 0.05) is 28.2 Å². The molecule has 6 aromatic carbocycles. The third-order valence-electron chi connectivity index (χ3n) is 10.2. The van der Waals surface area contributed by atoms with Crippen LogP contribution in [0.1, 0.15) is 31.1 Å². The second-order valence-electron chi connectivity index (χ2n) is 15.0. The van der Waals surface area contributed by atoms with Crippen molar-refractivity contribution in [3.05, 3.63) is 156 Å². The number of carboxylic acid groups (broad SMARTS) is 3. The summed E-state index contributed by atoms with van der Waals surface area (Å²) < 4.78 is 0. The highest BCUT2D eigenvalue weighted by molar-refractivity contribution is 6.46. The summed E-state index contributed by atoms with van der Waals surface area (Å²) in [6.07, 6.45) is 0. The van der Waals surface area contributed by atoms with E-state index in [2.05, 4.69) is 51.5 Å². The molecular weight excluding hydrogens is 923 g/mol. The van der Waals surface area contributed by atoms with Gasteiger partial charge in [0.15, 0.2) is 11.4 Å². The molecule has 2 aliphatic heterocycles. The van der Waals surface area contributed by atoms with Crippen LogP contribution in [-0.2, 0) is 19.2 Å². The summed E-state index contributed by atoms with van der Waals surface area (Å²) in [5.41, 5.74) is 6.59. The van der Waals surface area contributed by atoms with E-state index in [4.69, 9.17) is 5.73 Å². The number of carbonyl (C=O) groups is 7. The standard InChI is InChI=1S/C47H33N13O11/c48-26-5-1-4-25(20-26)42(63)50-30-6-2-8-33(21-30)59-44(65)38(40(57-59)47(70)71)56-54-31-7-3-9-34(22-31)60-43(64)37(39(58-60)46(68)69)55-52-28-12-10-24(11-13-28)41(62)49-27-14-16-29(17-15-27)51-53-32-18-19-36(61)35(23-32)45(66)67/h1-23,37-38,61H,48H2,(H,49,62)(H,50,63)(H,66,67)(H,68,69)(H,70,71). The molecule has 0 saturated heterocycles. The maximum atomic E-state index is 13.6. The number of aromatic hydroxyl groups is 1. The maximum Gasteiger partial charge on any atom is 0.355 e. The molecule has 8 N–H and O–H groups in total. The molecular formula is C47H33N13O11. The highest BCUT2D eigenvalue weighted by Gasteiger charge is 2.42. The van der Waals surface area contributed by atoms with E-state index in [9.17, 15) is 54.0 Å². The van der Waals surface area contributed by atoms with Crippen molar-refractivity contribution in [3.8, 4) is 5.75 Å². The second kappa shape index (κ2) is 20.1. The summed E-state index contributed by atoms with van der Waals surface area (Å²) in [7, 11) is 0. The molecule has 352 valence electrons. The van der Waals surface area contributed by atoms with E-state index in [1.54, 1.807) is 48.5 Å². The molecule has 0 bridgehead atoms. The Morgan fingerprint density at radius 3 is 1.63 bits per heavy atom. The number of hydrazone groups is 2. The minimum Gasteiger partial charge on any atom is -0.507 e. The van der Waals surface area contributed by atoms with E-state index in [1.165, 1.54) is 91.0 Å². The number of azo groups is 3. The molecule has 2 aliphatic rings. The van der Waals surface area contributed by atoms with Crippen LogP contribution in [0.25, 0.3) is 0 Å². The van der Waals surface area contributed by atoms with Crippen LogP contribution < -0.4 is 26.4 Å². The van der Waals surface area contributed by atoms with Crippen molar-refractivity contribution >= 4 is 104 Å². The number of nitrogens with one attached hydrogen (secondary N) is 2. The zero-order chi connectivity index (χ0) is 50.3. The number of benzene rings is 6. The van der Waals surface area contributed by atoms with Gasteiger partial charge in [0.05, 0.1) is 34.1 Å². The van der Waals surface area contributed by atoms with E-state index < -0.39 is 70.8 Å². The van der Waals surface area contributed by atoms with Gasteiger partial charge in [-0.1, -0.05) is 18.2 Å². The van der Waals surface area contributed by atoms with Crippen molar-refractivity contribution in [2.75, 3.05) is 26.4 Å². The van der Waals surface area contributed by atoms with Crippen LogP contribution in [0.15, 0.2) is 180 Å². The van der Waals surface area contributed by atoms with Crippen molar-refractivity contribution in [1.82, 2.24) is 0 Å². The smallest absolute Gasteiger partial charge is 0.355 e. The molecule has 0 saturated carbocycles. The number of nitrogens with two attached hydrogens (primary N) is 1. The molecule has 2 heterocycles. The molecule has 24 heteroatoms. The SMILES string of the molecule is Nc1cccc(C(=O)Nc2cccc(N3N=C(C(=O)O)C(N=Nc4cccc(N5N=C(C(=O)O)C(N=Nc6ccc(C(=O)Nc7ccc(N=Nc8ccc(O)c(C(=O)O)c8)cc7)cc6)C5=O)c4)C3=O)c2)c1. The first kappa shape index (κ1) is 46.9. The molecule has 2 unspecified atom stereocenters. The van der Waals surface area contributed by atoms with Gasteiger partial charge in [-0.3, -0.25) is 19.2 Å². The Balaban J connectivity index is 0.897. The van der Waals surface area contributed by atoms with Crippen molar-refractivity contribution in [2.24, 2.45) is 40.9 Å². The fraction of sp³-hybridized carbons (Fsp3) is 0.0426. The lowest BCUT2D eigenvalue weighted by atomic mass is 10.1. The molecule has 0 fully saturated rings. The molecule has 0 radical (unpaired) electrons. The van der Waals surface area contributed by atoms with Crippen LogP contribution >= 0.6 is 0 Å². The number of aliphatic carboxylic acids is 2. The Hall–Kier alpha value is -10.7. The lowest BCUT2D eigenvalue weighted by Gasteiger charge is -2.14. The maximum absolute atomic E-state index is 13.6. The zero-order valence-corrected chi connectivity index (χ0v) is 36.1. The number of nitrogens with zero attached hydrogens (tertiary/aromatic N) is 10. The van der Waals surface area contributed by atoms with E-state index in [0.29, 0.717) is 17.1 Å². The summed E-state index contributed by atoms with van der Waals surface area (Å²) >= 11 is 0. The van der Waals surface area contributed by atoms with Gasteiger partial charge in [0.2, 0.25) is 12.1 Å². The minimum atomic E-state index is -1.71. The Kier molecular flexibility index (Phi) is 13.2. The number of phenols is 1. The average molecular weight is 956 g/mol. The van der Waals surface area contributed by atoms with Gasteiger partial charge in [-0.25, -0.2) is 14.4 Å². The second-order valence-corrected chi connectivity index (χ2v) is 15.0. The molecule has 4 amide bonds.